The Balaban J connectivity index is 1.16. The van der Waals surface area contributed by atoms with Gasteiger partial charge in [-0.15, -0.1) is 0 Å². The summed E-state index contributed by atoms with van der Waals surface area (Å²) in [7, 11) is 0. The molecular weight excluding hydrogens is 1140 g/mol. The van der Waals surface area contributed by atoms with Crippen molar-refractivity contribution < 1.29 is 48.6 Å². The fourth-order valence-electron chi connectivity index (χ4n) is 10.2. The molecule has 7 rings (SSSR count). The van der Waals surface area contributed by atoms with Crippen LogP contribution in [0.2, 0.25) is 5.02 Å². The first-order valence-corrected chi connectivity index (χ1v) is 29.7. The van der Waals surface area contributed by atoms with Crippen molar-refractivity contribution >= 4 is 80.5 Å². The van der Waals surface area contributed by atoms with Crippen molar-refractivity contribution in [1.82, 2.24) is 42.2 Å². The van der Waals surface area contributed by atoms with Gasteiger partial charge in [-0.2, -0.15) is 0 Å². The summed E-state index contributed by atoms with van der Waals surface area (Å²) in [6.07, 6.45) is 0.921. The molecule has 0 aliphatic carbocycles. The average molecular weight is 1220 g/mol. The Morgan fingerprint density at radius 1 is 0.500 bits per heavy atom. The molecule has 0 saturated heterocycles. The molecule has 6 aromatic carbocycles. The number of H-pyrrole nitrogens is 1. The maximum absolute atomic E-state index is 15.1. The smallest absolute Gasteiger partial charge is 0.243 e. The first-order valence-electron chi connectivity index (χ1n) is 29.3. The lowest BCUT2D eigenvalue weighted by molar-refractivity contribution is -0.136. The molecule has 0 radical (unpaired) electrons. The molecule has 1 aromatic heterocycles. The van der Waals surface area contributed by atoms with E-state index in [1.165, 1.54) is 19.1 Å². The Morgan fingerprint density at radius 3 is 1.57 bits per heavy atom. The average Bonchev–Trinajstić information content (AvgIpc) is 4.18. The van der Waals surface area contributed by atoms with E-state index in [0.717, 1.165) is 27.2 Å². The van der Waals surface area contributed by atoms with Gasteiger partial charge in [-0.3, -0.25) is 38.4 Å². The van der Waals surface area contributed by atoms with E-state index < -0.39 is 108 Å². The van der Waals surface area contributed by atoms with Crippen molar-refractivity contribution in [3.05, 3.63) is 185 Å². The zero-order valence-corrected chi connectivity index (χ0v) is 50.1. The normalized spacial score (nSPS) is 14.4. The number of carbonyl (C=O) groups excluding carboxylic acids is 8. The highest BCUT2D eigenvalue weighted by Gasteiger charge is 2.36. The van der Waals surface area contributed by atoms with E-state index in [4.69, 9.17) is 28.8 Å². The number of halogens is 1. The van der Waals surface area contributed by atoms with Crippen LogP contribution >= 0.6 is 11.6 Å². The third-order valence-corrected chi connectivity index (χ3v) is 15.4. The van der Waals surface area contributed by atoms with E-state index in [-0.39, 0.29) is 50.8 Å². The highest BCUT2D eigenvalue weighted by atomic mass is 35.5. The number of para-hydroxylation sites is 1. The van der Waals surface area contributed by atoms with Gasteiger partial charge in [0.2, 0.25) is 47.3 Å². The number of fused-ring (bicyclic) bond motifs is 2. The predicted octanol–water partition coefficient (Wildman–Crippen LogP) is 3.57. The lowest BCUT2D eigenvalue weighted by Crippen LogP contribution is -2.62. The molecule has 0 bridgehead atoms. The quantitative estimate of drug-likeness (QED) is 0.0278. The number of aromatic hydroxyl groups is 1. The van der Waals surface area contributed by atoms with Crippen molar-refractivity contribution in [2.45, 2.75) is 127 Å². The van der Waals surface area contributed by atoms with Gasteiger partial charge < -0.3 is 69.6 Å². The van der Waals surface area contributed by atoms with Crippen LogP contribution in [0.4, 0.5) is 0 Å². The maximum Gasteiger partial charge on any atom is 0.243 e. The summed E-state index contributed by atoms with van der Waals surface area (Å²) < 4.78 is 0. The van der Waals surface area contributed by atoms with Crippen LogP contribution in [0.3, 0.4) is 0 Å². The molecule has 21 nitrogen and oxygen atoms in total. The van der Waals surface area contributed by atoms with E-state index in [1.54, 1.807) is 86.8 Å². The molecule has 0 aliphatic rings. The van der Waals surface area contributed by atoms with Gasteiger partial charge in [0.05, 0.1) is 12.1 Å². The number of nitrogens with one attached hydrogen (secondary N) is 8. The molecule has 7 aromatic rings. The fraction of sp³-hybridized carbons (Fsp3) is 0.333. The Kier molecular flexibility index (Phi) is 24.1. The van der Waals surface area contributed by atoms with Gasteiger partial charge in [-0.05, 0) is 114 Å². The van der Waals surface area contributed by atoms with Crippen LogP contribution in [0.25, 0.3) is 21.7 Å². The first-order chi connectivity index (χ1) is 42.1. The van der Waals surface area contributed by atoms with E-state index >= 15 is 9.59 Å². The van der Waals surface area contributed by atoms with Crippen LogP contribution in [0.5, 0.6) is 5.75 Å². The van der Waals surface area contributed by atoms with E-state index in [0.29, 0.717) is 40.1 Å². The number of aromatic nitrogens is 1. The van der Waals surface area contributed by atoms with Crippen molar-refractivity contribution in [2.75, 3.05) is 6.54 Å². The lowest BCUT2D eigenvalue weighted by Gasteiger charge is -2.29. The van der Waals surface area contributed by atoms with Crippen LogP contribution in [0.15, 0.2) is 152 Å². The molecule has 0 fully saturated rings. The minimum Gasteiger partial charge on any atom is -0.508 e. The highest BCUT2D eigenvalue weighted by Crippen LogP contribution is 2.22. The van der Waals surface area contributed by atoms with Gasteiger partial charge in [0.25, 0.3) is 0 Å². The van der Waals surface area contributed by atoms with Gasteiger partial charge in [-0.1, -0.05) is 141 Å². The number of amides is 8. The van der Waals surface area contributed by atoms with E-state index in [1.807, 2.05) is 66.7 Å². The highest BCUT2D eigenvalue weighted by molar-refractivity contribution is 6.30. The summed E-state index contributed by atoms with van der Waals surface area (Å²) in [4.78, 5) is 117. The number of hydrogen-bond donors (Lipinski definition) is 13. The molecular formula is C66H78ClN11O10. The second kappa shape index (κ2) is 32.0. The minimum atomic E-state index is -1.48. The Hall–Kier alpha value is -9.15. The summed E-state index contributed by atoms with van der Waals surface area (Å²) in [5, 5.41) is 42.9. The van der Waals surface area contributed by atoms with Crippen LogP contribution in [0, 0.1) is 5.92 Å². The number of aromatic amines is 1. The zero-order chi connectivity index (χ0) is 63.4. The molecule has 88 heavy (non-hydrogen) atoms. The second-order valence-corrected chi connectivity index (χ2v) is 22.8. The summed E-state index contributed by atoms with van der Waals surface area (Å²) in [6.45, 7) is 4.88. The monoisotopic (exact) mass is 1220 g/mol. The number of unbranched alkanes of at least 4 members (excludes halogenated alkanes) is 1. The van der Waals surface area contributed by atoms with Gasteiger partial charge >= 0.3 is 0 Å². The summed E-state index contributed by atoms with van der Waals surface area (Å²) in [6, 6.07) is 31.6. The van der Waals surface area contributed by atoms with Crippen LogP contribution in [-0.2, 0) is 70.5 Å². The number of carbonyl (C=O) groups is 8. The van der Waals surface area contributed by atoms with Gasteiger partial charge in [0.1, 0.15) is 48.0 Å². The number of primary amides is 1. The third-order valence-electron chi connectivity index (χ3n) is 15.2. The van der Waals surface area contributed by atoms with Crippen LogP contribution in [0.1, 0.15) is 67.9 Å². The van der Waals surface area contributed by atoms with Gasteiger partial charge in [0, 0.05) is 47.8 Å². The van der Waals surface area contributed by atoms with Crippen molar-refractivity contribution in [3.8, 4) is 5.75 Å². The molecule has 22 heteroatoms. The number of phenols is 1. The van der Waals surface area contributed by atoms with Gasteiger partial charge in [0.15, 0.2) is 0 Å². The molecule has 0 saturated carbocycles. The van der Waals surface area contributed by atoms with Crippen molar-refractivity contribution in [2.24, 2.45) is 23.1 Å². The predicted molar refractivity (Wildman–Crippen MR) is 337 cm³/mol. The van der Waals surface area contributed by atoms with E-state index in [9.17, 15) is 39.0 Å². The molecule has 0 spiro atoms. The Bertz CT molecular complexity index is 3530. The number of rotatable bonds is 31. The third kappa shape index (κ3) is 19.2. The minimum absolute atomic E-state index is 0.0357. The largest absolute Gasteiger partial charge is 0.508 e. The summed E-state index contributed by atoms with van der Waals surface area (Å²) in [5.74, 6) is -7.04. The Labute approximate surface area is 515 Å². The molecule has 464 valence electrons. The standard InChI is InChI=1S/C66H78ClN11O10/c1-38(2)57(66(88)76-55(33-40-13-5-4-6-14-40)65(87)78-58(39(3)79)59(70)81)77-61(83)52(19-11-12-30-68)72-64(86)56(36-46-37-71-51-18-10-9-17-49(46)51)75-63(85)54(35-42-23-28-48(80)29-24-42)74-62(84)53(34-41-21-26-47(67)27-22-41)73-60(82)50(69)32-43-20-25-44-15-7-8-16-45(44)31-43/h4-10,13-18,20-29,31,37-39,50,52-58,71,79-80H,11-12,19,30,32-36,68-69H2,1-3H3,(H2,70,81)(H,72,86)(H,73,82)(H,74,84)(H,75,85)(H,76,88)(H,77,83)(H,78,87)/t39-,50+,52+,53-,54+,55+,56-,57+,58+/m1/s1. The number of benzene rings is 6. The first kappa shape index (κ1) is 66.4. The van der Waals surface area contributed by atoms with Crippen LogP contribution in [-0.4, -0.2) is 123 Å². The number of aliphatic hydroxyl groups is 1. The number of phenolic OH excluding ortho intramolecular Hbond substituents is 1. The van der Waals surface area contributed by atoms with Crippen LogP contribution < -0.4 is 54.4 Å². The van der Waals surface area contributed by atoms with Crippen molar-refractivity contribution in [1.29, 1.82) is 0 Å². The Morgan fingerprint density at radius 2 is 0.977 bits per heavy atom. The molecule has 0 unspecified atom stereocenters. The second-order valence-electron chi connectivity index (χ2n) is 22.4. The SMILES string of the molecule is CC(C)[C@H](NC(=O)[C@H](CCCCN)NC(=O)[C@@H](Cc1c[nH]c2ccccc12)NC(=O)[C@H](Cc1ccc(O)cc1)NC(=O)[C@@H](Cc1ccc(Cl)cc1)NC(=O)[C@@H](N)Cc1ccc2ccccc2c1)C(=O)N[C@@H](Cc1ccccc1)C(=O)N[C@H](C(N)=O)[C@@H](C)O. The van der Waals surface area contributed by atoms with E-state index in [2.05, 4.69) is 42.2 Å². The lowest BCUT2D eigenvalue weighted by atomic mass is 9.99. The molecule has 16 N–H and O–H groups in total. The zero-order valence-electron chi connectivity index (χ0n) is 49.3. The summed E-state index contributed by atoms with van der Waals surface area (Å²) >= 11 is 6.24. The molecule has 0 aliphatic heterocycles. The summed E-state index contributed by atoms with van der Waals surface area (Å²) in [5.41, 5.74) is 21.8. The van der Waals surface area contributed by atoms with Crippen molar-refractivity contribution in [3.63, 3.8) is 0 Å². The molecule has 1 heterocycles. The van der Waals surface area contributed by atoms with Gasteiger partial charge in [-0.25, -0.2) is 0 Å². The fourth-order valence-corrected chi connectivity index (χ4v) is 10.4. The number of hydrogen-bond acceptors (Lipinski definition) is 12. The maximum atomic E-state index is 15.1. The number of nitrogens with two attached hydrogens (primary N) is 3. The molecule has 8 amide bonds. The topological polar surface area (TPSA) is 355 Å². The molecule has 9 atom stereocenters. The number of aliphatic hydroxyl groups excluding tert-OH is 1.